The number of benzene rings is 1. The van der Waals surface area contributed by atoms with Crippen LogP contribution in [0.1, 0.15) is 89.2 Å². The first-order valence-electron chi connectivity index (χ1n) is 12.5. The lowest BCUT2D eigenvalue weighted by molar-refractivity contribution is 0.222. The molecule has 32 heavy (non-hydrogen) atoms. The van der Waals surface area contributed by atoms with Gasteiger partial charge in [0.1, 0.15) is 11.5 Å². The van der Waals surface area contributed by atoms with Crippen molar-refractivity contribution in [1.29, 1.82) is 0 Å². The number of allylic oxidation sites excluding steroid dienone is 2. The lowest BCUT2D eigenvalue weighted by atomic mass is 9.72. The van der Waals surface area contributed by atoms with Gasteiger partial charge in [0.25, 0.3) is 0 Å². The zero-order valence-electron chi connectivity index (χ0n) is 20.4. The van der Waals surface area contributed by atoms with Gasteiger partial charge in [-0.15, -0.1) is 0 Å². The van der Waals surface area contributed by atoms with Gasteiger partial charge in [-0.25, -0.2) is 0 Å². The van der Waals surface area contributed by atoms with Gasteiger partial charge >= 0.3 is 0 Å². The Balaban J connectivity index is 1.72. The Morgan fingerprint density at radius 3 is 2.34 bits per heavy atom. The zero-order valence-corrected chi connectivity index (χ0v) is 20.4. The van der Waals surface area contributed by atoms with Crippen LogP contribution in [0.15, 0.2) is 35.9 Å². The van der Waals surface area contributed by atoms with E-state index in [0.29, 0.717) is 5.56 Å². The molecule has 1 aliphatic heterocycles. The van der Waals surface area contributed by atoms with E-state index in [9.17, 15) is 15.3 Å². The van der Waals surface area contributed by atoms with E-state index in [1.165, 1.54) is 45.3 Å². The summed E-state index contributed by atoms with van der Waals surface area (Å²) in [4.78, 5) is 2.58. The van der Waals surface area contributed by atoms with Gasteiger partial charge in [0, 0.05) is 11.5 Å². The molecule has 1 heterocycles. The Morgan fingerprint density at radius 1 is 1.09 bits per heavy atom. The summed E-state index contributed by atoms with van der Waals surface area (Å²) in [6, 6.07) is 3.69. The number of nitrogens with zero attached hydrogens (tertiary/aromatic N) is 1. The third kappa shape index (κ3) is 5.96. The monoisotopic (exact) mass is 441 g/mol. The second-order valence-corrected chi connectivity index (χ2v) is 10.7. The molecular weight excluding hydrogens is 398 g/mol. The summed E-state index contributed by atoms with van der Waals surface area (Å²) >= 11 is 0. The normalized spacial score (nSPS) is 22.6. The molecule has 4 nitrogen and oxygen atoms in total. The van der Waals surface area contributed by atoms with Gasteiger partial charge in [-0.1, -0.05) is 44.9 Å². The average Bonchev–Trinajstić information content (AvgIpc) is 2.76. The summed E-state index contributed by atoms with van der Waals surface area (Å²) in [6.07, 6.45) is 11.1. The number of rotatable bonds is 9. The van der Waals surface area contributed by atoms with Crippen LogP contribution in [0, 0.1) is 5.92 Å². The summed E-state index contributed by atoms with van der Waals surface area (Å²) in [5, 5.41) is 31.6. The quantitative estimate of drug-likeness (QED) is 0.324. The van der Waals surface area contributed by atoms with Crippen LogP contribution in [0.5, 0.6) is 11.5 Å². The molecule has 2 atom stereocenters. The van der Waals surface area contributed by atoms with Crippen LogP contribution in [0.3, 0.4) is 0 Å². The number of hydrogen-bond donors (Lipinski definition) is 3. The van der Waals surface area contributed by atoms with Crippen LogP contribution in [-0.4, -0.2) is 46.5 Å². The molecule has 1 aromatic rings. The maximum Gasteiger partial charge on any atom is 0.123 e. The summed E-state index contributed by atoms with van der Waals surface area (Å²) in [5.41, 5.74) is 3.42. The van der Waals surface area contributed by atoms with Gasteiger partial charge in [0.15, 0.2) is 0 Å². The standard InChI is InChI=1S/C28H43NO3/c1-20(2)23-11-10-21(19-30)16-24(23)27-25(31)17-22(18-26(27)32)28(3,4)12-6-9-15-29-13-7-5-8-14-29/h16-18,23-24,30-32H,1,5-15,19H2,2-4H3/t23-,24+/m1/s1. The predicted molar refractivity (Wildman–Crippen MR) is 132 cm³/mol. The van der Waals surface area contributed by atoms with Crippen molar-refractivity contribution in [3.63, 3.8) is 0 Å². The first kappa shape index (κ1) is 24.9. The van der Waals surface area contributed by atoms with Crippen LogP contribution in [0.25, 0.3) is 0 Å². The Bertz CT molecular complexity index is 797. The van der Waals surface area contributed by atoms with Crippen LogP contribution in [-0.2, 0) is 5.41 Å². The lowest BCUT2D eigenvalue weighted by Gasteiger charge is -2.33. The van der Waals surface area contributed by atoms with E-state index >= 15 is 0 Å². The first-order chi connectivity index (χ1) is 15.2. The minimum atomic E-state index is -0.162. The maximum atomic E-state index is 11.0. The van der Waals surface area contributed by atoms with Crippen LogP contribution in [0.2, 0.25) is 0 Å². The van der Waals surface area contributed by atoms with Crippen molar-refractivity contribution >= 4 is 0 Å². The van der Waals surface area contributed by atoms with Crippen molar-refractivity contribution in [2.24, 2.45) is 5.92 Å². The predicted octanol–water partition coefficient (Wildman–Crippen LogP) is 6.02. The third-order valence-corrected chi connectivity index (χ3v) is 7.69. The summed E-state index contributed by atoms with van der Waals surface area (Å²) < 4.78 is 0. The molecule has 0 radical (unpaired) electrons. The van der Waals surface area contributed by atoms with E-state index in [2.05, 4.69) is 25.3 Å². The van der Waals surface area contributed by atoms with Gasteiger partial charge < -0.3 is 20.2 Å². The van der Waals surface area contributed by atoms with Crippen molar-refractivity contribution in [3.8, 4) is 11.5 Å². The van der Waals surface area contributed by atoms with Gasteiger partial charge in [-0.3, -0.25) is 0 Å². The number of aliphatic hydroxyl groups is 1. The van der Waals surface area contributed by atoms with E-state index in [4.69, 9.17) is 0 Å². The highest BCUT2D eigenvalue weighted by Crippen LogP contribution is 2.47. The zero-order chi connectivity index (χ0) is 23.3. The molecule has 3 rings (SSSR count). The Hall–Kier alpha value is -1.78. The fourth-order valence-corrected chi connectivity index (χ4v) is 5.53. The Kier molecular flexibility index (Phi) is 8.46. The lowest BCUT2D eigenvalue weighted by Crippen LogP contribution is -2.30. The smallest absolute Gasteiger partial charge is 0.123 e. The van der Waals surface area contributed by atoms with Crippen molar-refractivity contribution in [2.45, 2.75) is 83.5 Å². The average molecular weight is 442 g/mol. The molecule has 0 bridgehead atoms. The van der Waals surface area contributed by atoms with Crippen molar-refractivity contribution in [1.82, 2.24) is 4.90 Å². The molecule has 2 aliphatic rings. The number of hydrogen-bond acceptors (Lipinski definition) is 4. The van der Waals surface area contributed by atoms with Crippen LogP contribution in [0.4, 0.5) is 0 Å². The Labute approximate surface area is 194 Å². The van der Waals surface area contributed by atoms with Gasteiger partial charge in [-0.05, 0) is 99.7 Å². The molecule has 1 aromatic carbocycles. The van der Waals surface area contributed by atoms with Crippen LogP contribution >= 0.6 is 0 Å². The second kappa shape index (κ2) is 10.9. The number of likely N-dealkylation sites (tertiary alicyclic amines) is 1. The molecule has 178 valence electrons. The molecule has 1 saturated heterocycles. The fourth-order valence-electron chi connectivity index (χ4n) is 5.53. The van der Waals surface area contributed by atoms with Crippen molar-refractivity contribution < 1.29 is 15.3 Å². The van der Waals surface area contributed by atoms with Gasteiger partial charge in [0.05, 0.1) is 6.61 Å². The fraction of sp³-hybridized carbons (Fsp3) is 0.643. The largest absolute Gasteiger partial charge is 0.507 e. The molecular formula is C28H43NO3. The molecule has 0 amide bonds. The molecule has 0 saturated carbocycles. The van der Waals surface area contributed by atoms with Gasteiger partial charge in [0.2, 0.25) is 0 Å². The van der Waals surface area contributed by atoms with E-state index in [1.54, 1.807) is 0 Å². The van der Waals surface area contributed by atoms with E-state index in [1.807, 2.05) is 25.1 Å². The number of unbranched alkanes of at least 4 members (excludes halogenated alkanes) is 1. The molecule has 1 aliphatic carbocycles. The number of aromatic hydroxyl groups is 2. The topological polar surface area (TPSA) is 63.9 Å². The maximum absolute atomic E-state index is 11.0. The molecule has 0 spiro atoms. The van der Waals surface area contributed by atoms with Gasteiger partial charge in [-0.2, -0.15) is 0 Å². The summed E-state index contributed by atoms with van der Waals surface area (Å²) in [7, 11) is 0. The third-order valence-electron chi connectivity index (χ3n) is 7.69. The number of piperidine rings is 1. The van der Waals surface area contributed by atoms with E-state index in [-0.39, 0.29) is 35.4 Å². The summed E-state index contributed by atoms with van der Waals surface area (Å²) in [6.45, 7) is 14.2. The Morgan fingerprint density at radius 2 is 1.75 bits per heavy atom. The van der Waals surface area contributed by atoms with Crippen molar-refractivity contribution in [2.75, 3.05) is 26.2 Å². The minimum Gasteiger partial charge on any atom is -0.507 e. The number of phenols is 2. The van der Waals surface area contributed by atoms with E-state index in [0.717, 1.165) is 42.4 Å². The number of aliphatic hydroxyl groups excluding tert-OH is 1. The number of phenolic OH excluding ortho intramolecular Hbond substituents is 2. The minimum absolute atomic E-state index is 0.0173. The summed E-state index contributed by atoms with van der Waals surface area (Å²) in [5.74, 6) is 0.280. The molecule has 0 unspecified atom stereocenters. The highest BCUT2D eigenvalue weighted by molar-refractivity contribution is 5.53. The highest BCUT2D eigenvalue weighted by Gasteiger charge is 2.32. The second-order valence-electron chi connectivity index (χ2n) is 10.7. The van der Waals surface area contributed by atoms with Crippen LogP contribution < -0.4 is 0 Å². The molecule has 1 fully saturated rings. The SMILES string of the molecule is C=C(C)[C@H]1CCC(CO)=C[C@@H]1c1c(O)cc(C(C)(C)CCCCN2CCCCC2)cc1O. The molecule has 0 aromatic heterocycles. The van der Waals surface area contributed by atoms with E-state index < -0.39 is 0 Å². The molecule has 3 N–H and O–H groups in total. The first-order valence-corrected chi connectivity index (χ1v) is 12.5. The highest BCUT2D eigenvalue weighted by atomic mass is 16.3. The molecule has 4 heteroatoms. The van der Waals surface area contributed by atoms with Crippen molar-refractivity contribution in [3.05, 3.63) is 47.1 Å².